The summed E-state index contributed by atoms with van der Waals surface area (Å²) >= 11 is 0. The van der Waals surface area contributed by atoms with Crippen LogP contribution < -0.4 is 10.5 Å². The first kappa shape index (κ1) is 28.3. The zero-order valence-electron chi connectivity index (χ0n) is 22.5. The fraction of sp³-hybridized carbons (Fsp3) is 0.517. The van der Waals surface area contributed by atoms with Crippen molar-refractivity contribution in [1.29, 1.82) is 5.26 Å². The van der Waals surface area contributed by atoms with Gasteiger partial charge in [0.1, 0.15) is 11.9 Å². The molecule has 3 heterocycles. The zero-order valence-corrected chi connectivity index (χ0v) is 22.5. The van der Waals surface area contributed by atoms with Crippen LogP contribution in [0, 0.1) is 23.1 Å². The maximum atomic E-state index is 14.9. The van der Waals surface area contributed by atoms with Crippen molar-refractivity contribution < 1.29 is 23.5 Å². The molecule has 0 aliphatic carbocycles. The second-order valence-corrected chi connectivity index (χ2v) is 10.5. The maximum Gasteiger partial charge on any atom is 0.410 e. The number of hydrogen-bond acceptors (Lipinski definition) is 7. The van der Waals surface area contributed by atoms with E-state index in [1.807, 2.05) is 19.9 Å². The maximum absolute atomic E-state index is 14.9. The minimum atomic E-state index is -0.904. The molecule has 39 heavy (non-hydrogen) atoms. The van der Waals surface area contributed by atoms with Crippen LogP contribution in [0.4, 0.5) is 9.18 Å². The van der Waals surface area contributed by atoms with E-state index >= 15 is 0 Å². The number of piperidine rings is 1. The number of halogens is 1. The van der Waals surface area contributed by atoms with Gasteiger partial charge in [-0.25, -0.2) is 14.2 Å². The number of carbonyl (C=O) groups excluding carboxylic acids is 2. The Morgan fingerprint density at radius 3 is 2.54 bits per heavy atom. The molecular formula is C29H36FN5O4. The fourth-order valence-electron chi connectivity index (χ4n) is 4.99. The van der Waals surface area contributed by atoms with E-state index in [1.165, 1.54) is 11.0 Å². The number of rotatable bonds is 8. The van der Waals surface area contributed by atoms with E-state index in [2.05, 4.69) is 11.1 Å². The van der Waals surface area contributed by atoms with Crippen LogP contribution in [0.5, 0.6) is 5.88 Å². The third-order valence-corrected chi connectivity index (χ3v) is 7.24. The van der Waals surface area contributed by atoms with E-state index < -0.39 is 17.9 Å². The van der Waals surface area contributed by atoms with Crippen LogP contribution in [-0.2, 0) is 16.0 Å². The van der Waals surface area contributed by atoms with Crippen LogP contribution >= 0.6 is 0 Å². The first-order valence-electron chi connectivity index (χ1n) is 13.5. The highest BCUT2D eigenvalue weighted by Gasteiger charge is 2.32. The fourth-order valence-corrected chi connectivity index (χ4v) is 4.99. The number of hydrogen-bond donors (Lipinski definition) is 1. The number of nitrogens with two attached hydrogens (primary N) is 1. The average molecular weight is 538 g/mol. The van der Waals surface area contributed by atoms with Gasteiger partial charge < -0.3 is 25.0 Å². The lowest BCUT2D eigenvalue weighted by atomic mass is 9.98. The van der Waals surface area contributed by atoms with Gasteiger partial charge in [0.05, 0.1) is 24.8 Å². The minimum absolute atomic E-state index is 0.0580. The van der Waals surface area contributed by atoms with E-state index in [4.69, 9.17) is 15.2 Å². The van der Waals surface area contributed by atoms with Gasteiger partial charge >= 0.3 is 6.09 Å². The van der Waals surface area contributed by atoms with Crippen LogP contribution in [0.15, 0.2) is 36.5 Å². The SMILES string of the molecule is CC(C)OC(=O)N1CCC(COc2ccc(-c3ccc(CC(N)C(=O)N4CCCC4C#N)c(F)c3)cn2)CC1. The molecule has 0 spiro atoms. The standard InChI is InChI=1S/C29H36FN5O4/c1-19(2)39-29(37)34-12-9-20(10-13-34)18-38-27-8-7-23(17-33-27)21-5-6-22(25(30)14-21)15-26(32)28(36)35-11-3-4-24(35)16-31/h5-8,14,17,19-20,24,26H,3-4,9-13,15,18,32H2,1-2H3. The Balaban J connectivity index is 1.27. The Morgan fingerprint density at radius 1 is 1.15 bits per heavy atom. The molecule has 0 bridgehead atoms. The van der Waals surface area contributed by atoms with E-state index in [0.29, 0.717) is 55.6 Å². The largest absolute Gasteiger partial charge is 0.477 e. The summed E-state index contributed by atoms with van der Waals surface area (Å²) in [5.74, 6) is 0.0461. The Bertz CT molecular complexity index is 1190. The molecule has 208 valence electrons. The number of likely N-dealkylation sites (tertiary alicyclic amines) is 2. The summed E-state index contributed by atoms with van der Waals surface area (Å²) in [6, 6.07) is 9.18. The van der Waals surface area contributed by atoms with Gasteiger partial charge in [0.25, 0.3) is 0 Å². The predicted octanol–water partition coefficient (Wildman–Crippen LogP) is 3.91. The van der Waals surface area contributed by atoms with Gasteiger partial charge in [-0.05, 0) is 75.1 Å². The van der Waals surface area contributed by atoms with Gasteiger partial charge in [-0.1, -0.05) is 12.1 Å². The van der Waals surface area contributed by atoms with Gasteiger partial charge in [0.15, 0.2) is 0 Å². The molecule has 2 aliphatic rings. The molecule has 2 amide bonds. The van der Waals surface area contributed by atoms with Crippen molar-refractivity contribution in [3.05, 3.63) is 47.9 Å². The molecule has 2 unspecified atom stereocenters. The molecule has 2 N–H and O–H groups in total. The van der Waals surface area contributed by atoms with Crippen molar-refractivity contribution in [1.82, 2.24) is 14.8 Å². The number of ether oxygens (including phenoxy) is 2. The highest BCUT2D eigenvalue weighted by molar-refractivity contribution is 5.83. The van der Waals surface area contributed by atoms with Crippen LogP contribution in [0.2, 0.25) is 0 Å². The van der Waals surface area contributed by atoms with Crippen molar-refractivity contribution in [3.63, 3.8) is 0 Å². The summed E-state index contributed by atoms with van der Waals surface area (Å²) < 4.78 is 26.0. The number of aromatic nitrogens is 1. The Hall–Kier alpha value is -3.71. The molecule has 10 heteroatoms. The Labute approximate surface area is 228 Å². The van der Waals surface area contributed by atoms with E-state index in [-0.39, 0.29) is 24.5 Å². The molecule has 2 saturated heterocycles. The molecule has 2 aliphatic heterocycles. The third-order valence-electron chi connectivity index (χ3n) is 7.24. The summed E-state index contributed by atoms with van der Waals surface area (Å²) in [4.78, 5) is 32.3. The monoisotopic (exact) mass is 537 g/mol. The summed E-state index contributed by atoms with van der Waals surface area (Å²) in [7, 11) is 0. The number of nitrogens with zero attached hydrogens (tertiary/aromatic N) is 4. The molecule has 0 radical (unpaired) electrons. The topological polar surface area (TPSA) is 122 Å². The first-order valence-corrected chi connectivity index (χ1v) is 13.5. The van der Waals surface area contributed by atoms with Gasteiger partial charge in [-0.2, -0.15) is 5.26 Å². The van der Waals surface area contributed by atoms with Crippen molar-refractivity contribution in [2.45, 2.75) is 64.1 Å². The molecule has 2 atom stereocenters. The molecular weight excluding hydrogens is 501 g/mol. The molecule has 1 aromatic carbocycles. The first-order chi connectivity index (χ1) is 18.7. The third kappa shape index (κ3) is 7.24. The van der Waals surface area contributed by atoms with Crippen LogP contribution in [0.25, 0.3) is 11.1 Å². The number of carbonyl (C=O) groups is 2. The second kappa shape index (κ2) is 12.9. The molecule has 0 saturated carbocycles. The Morgan fingerprint density at radius 2 is 1.90 bits per heavy atom. The van der Waals surface area contributed by atoms with Crippen LogP contribution in [0.3, 0.4) is 0 Å². The van der Waals surface area contributed by atoms with Gasteiger partial charge in [0.2, 0.25) is 11.8 Å². The zero-order chi connectivity index (χ0) is 27.9. The van der Waals surface area contributed by atoms with Crippen molar-refractivity contribution in [2.75, 3.05) is 26.2 Å². The smallest absolute Gasteiger partial charge is 0.410 e. The molecule has 1 aromatic heterocycles. The number of pyridine rings is 1. The van der Waals surface area contributed by atoms with Crippen molar-refractivity contribution >= 4 is 12.0 Å². The van der Waals surface area contributed by atoms with Gasteiger partial charge in [-0.3, -0.25) is 4.79 Å². The second-order valence-electron chi connectivity index (χ2n) is 10.5. The molecule has 2 aromatic rings. The quantitative estimate of drug-likeness (QED) is 0.542. The van der Waals surface area contributed by atoms with E-state index in [0.717, 1.165) is 24.8 Å². The summed E-state index contributed by atoms with van der Waals surface area (Å²) in [5, 5.41) is 9.22. The summed E-state index contributed by atoms with van der Waals surface area (Å²) in [5.41, 5.74) is 7.82. The molecule has 2 fully saturated rings. The van der Waals surface area contributed by atoms with Crippen molar-refractivity contribution in [3.8, 4) is 23.1 Å². The summed E-state index contributed by atoms with van der Waals surface area (Å²) in [6.45, 7) is 5.98. The van der Waals surface area contributed by atoms with Crippen molar-refractivity contribution in [2.24, 2.45) is 11.7 Å². The van der Waals surface area contributed by atoms with Crippen LogP contribution in [-0.4, -0.2) is 71.2 Å². The number of benzene rings is 1. The lowest BCUT2D eigenvalue weighted by Crippen LogP contribution is -2.46. The highest BCUT2D eigenvalue weighted by atomic mass is 19.1. The van der Waals surface area contributed by atoms with E-state index in [1.54, 1.807) is 29.3 Å². The predicted molar refractivity (Wildman–Crippen MR) is 143 cm³/mol. The normalized spacial score (nSPS) is 18.6. The average Bonchev–Trinajstić information content (AvgIpc) is 3.42. The number of nitriles is 1. The molecule has 4 rings (SSSR count). The molecule has 9 nitrogen and oxygen atoms in total. The number of amides is 2. The lowest BCUT2D eigenvalue weighted by Gasteiger charge is -2.31. The summed E-state index contributed by atoms with van der Waals surface area (Å²) in [6.07, 6.45) is 4.39. The Kier molecular flexibility index (Phi) is 9.36. The van der Waals surface area contributed by atoms with E-state index in [9.17, 15) is 19.2 Å². The lowest BCUT2D eigenvalue weighted by molar-refractivity contribution is -0.132. The van der Waals surface area contributed by atoms with Crippen LogP contribution in [0.1, 0.15) is 45.1 Å². The minimum Gasteiger partial charge on any atom is -0.477 e. The van der Waals surface area contributed by atoms with Gasteiger partial charge in [-0.15, -0.1) is 0 Å². The highest BCUT2D eigenvalue weighted by Crippen LogP contribution is 2.25. The van der Waals surface area contributed by atoms with Gasteiger partial charge in [0, 0.05) is 37.5 Å².